The lowest BCUT2D eigenvalue weighted by Crippen LogP contribution is -2.15. The topological polar surface area (TPSA) is 81.4 Å². The number of rotatable bonds is 7. The van der Waals surface area contributed by atoms with Crippen LogP contribution in [0.2, 0.25) is 0 Å². The van der Waals surface area contributed by atoms with Gasteiger partial charge >= 0.3 is 5.63 Å². The van der Waals surface area contributed by atoms with Crippen LogP contribution >= 0.6 is 0 Å². The van der Waals surface area contributed by atoms with E-state index >= 15 is 0 Å². The zero-order valence-corrected chi connectivity index (χ0v) is 17.6. The molecule has 0 atom stereocenters. The predicted molar refractivity (Wildman–Crippen MR) is 114 cm³/mol. The first-order chi connectivity index (χ1) is 13.7. The lowest BCUT2D eigenvalue weighted by atomic mass is 10.0. The number of carbonyl (C=O) groups is 1. The van der Waals surface area contributed by atoms with E-state index in [0.29, 0.717) is 5.58 Å². The number of ketones is 1. The Labute approximate surface area is 170 Å². The van der Waals surface area contributed by atoms with Gasteiger partial charge in [0.2, 0.25) is 0 Å². The molecule has 3 rings (SSSR count). The van der Waals surface area contributed by atoms with Crippen molar-refractivity contribution in [3.63, 3.8) is 0 Å². The van der Waals surface area contributed by atoms with E-state index in [0.717, 1.165) is 34.9 Å². The van der Waals surface area contributed by atoms with Crippen LogP contribution in [-0.4, -0.2) is 19.5 Å². The number of sulfone groups is 1. The second-order valence-electron chi connectivity index (χ2n) is 7.55. The second kappa shape index (κ2) is 8.33. The van der Waals surface area contributed by atoms with Crippen molar-refractivity contribution in [3.8, 4) is 0 Å². The fourth-order valence-corrected chi connectivity index (χ4v) is 4.05. The van der Waals surface area contributed by atoms with E-state index in [1.165, 1.54) is 6.92 Å². The predicted octanol–water partition coefficient (Wildman–Crippen LogP) is 4.10. The minimum absolute atomic E-state index is 0.0549. The van der Waals surface area contributed by atoms with Crippen molar-refractivity contribution in [2.45, 2.75) is 44.6 Å². The minimum Gasteiger partial charge on any atom is -0.422 e. The van der Waals surface area contributed by atoms with Gasteiger partial charge in [-0.3, -0.25) is 4.79 Å². The normalized spacial score (nSPS) is 11.9. The summed E-state index contributed by atoms with van der Waals surface area (Å²) < 4.78 is 29.3. The highest BCUT2D eigenvalue weighted by Gasteiger charge is 2.16. The van der Waals surface area contributed by atoms with Crippen LogP contribution in [0.25, 0.3) is 11.0 Å². The van der Waals surface area contributed by atoms with Gasteiger partial charge in [0.15, 0.2) is 15.6 Å². The standard InChI is InChI=1S/C23H24O5S/c1-15(2)29(26,27)14-19-8-5-17(6-9-19)4-7-18-10-11-22-20(12-18)13-21(16(3)24)23(25)28-22/h5-6,8-13,15H,4,7,14H2,1-3H3. The summed E-state index contributed by atoms with van der Waals surface area (Å²) in [7, 11) is -3.11. The van der Waals surface area contributed by atoms with E-state index in [9.17, 15) is 18.0 Å². The molecular formula is C23H24O5S. The molecule has 29 heavy (non-hydrogen) atoms. The van der Waals surface area contributed by atoms with Crippen molar-refractivity contribution in [1.29, 1.82) is 0 Å². The highest BCUT2D eigenvalue weighted by Crippen LogP contribution is 2.18. The Bertz CT molecular complexity index is 1200. The molecule has 0 fully saturated rings. The molecule has 0 aliphatic rings. The van der Waals surface area contributed by atoms with Crippen molar-refractivity contribution in [3.05, 3.63) is 81.2 Å². The molecule has 0 amide bonds. The average molecular weight is 413 g/mol. The smallest absolute Gasteiger partial charge is 0.347 e. The Balaban J connectivity index is 1.72. The molecule has 0 spiro atoms. The molecule has 0 N–H and O–H groups in total. The van der Waals surface area contributed by atoms with E-state index in [1.54, 1.807) is 26.0 Å². The first-order valence-corrected chi connectivity index (χ1v) is 11.2. The van der Waals surface area contributed by atoms with Gasteiger partial charge in [-0.05, 0) is 68.5 Å². The van der Waals surface area contributed by atoms with Crippen LogP contribution in [-0.2, 0) is 28.4 Å². The summed E-state index contributed by atoms with van der Waals surface area (Å²) in [5, 5.41) is 0.338. The maximum absolute atomic E-state index is 12.0. The molecule has 0 unspecified atom stereocenters. The number of benzene rings is 2. The molecule has 0 aliphatic carbocycles. The molecule has 6 heteroatoms. The summed E-state index contributed by atoms with van der Waals surface area (Å²) in [5.74, 6) is -0.259. The van der Waals surface area contributed by atoms with Gasteiger partial charge in [0.05, 0.1) is 11.0 Å². The molecule has 1 heterocycles. The van der Waals surface area contributed by atoms with Crippen molar-refractivity contribution in [1.82, 2.24) is 0 Å². The molecule has 0 radical (unpaired) electrons. The summed E-state index contributed by atoms with van der Waals surface area (Å²) in [5.41, 5.74) is 2.87. The fraction of sp³-hybridized carbons (Fsp3) is 0.304. The number of Topliss-reactive ketones (excluding diaryl/α,β-unsaturated/α-hetero) is 1. The second-order valence-corrected chi connectivity index (χ2v) is 10.1. The molecule has 0 saturated heterocycles. The maximum atomic E-state index is 12.0. The summed E-state index contributed by atoms with van der Waals surface area (Å²) in [6.07, 6.45) is 1.56. The van der Waals surface area contributed by atoms with Gasteiger partial charge in [-0.25, -0.2) is 13.2 Å². The molecule has 0 aliphatic heterocycles. The van der Waals surface area contributed by atoms with E-state index in [4.69, 9.17) is 4.42 Å². The SMILES string of the molecule is CC(=O)c1cc2cc(CCc3ccc(CS(=O)(=O)C(C)C)cc3)ccc2oc1=O. The summed E-state index contributed by atoms with van der Waals surface area (Å²) in [6, 6.07) is 14.8. The number of hydrogen-bond donors (Lipinski definition) is 0. The van der Waals surface area contributed by atoms with Crippen molar-refractivity contribution >= 4 is 26.6 Å². The lowest BCUT2D eigenvalue weighted by molar-refractivity contribution is 0.101. The highest BCUT2D eigenvalue weighted by atomic mass is 32.2. The number of carbonyl (C=O) groups excluding carboxylic acids is 1. The molecule has 2 aromatic carbocycles. The van der Waals surface area contributed by atoms with Crippen LogP contribution in [0.1, 0.15) is 47.8 Å². The van der Waals surface area contributed by atoms with Gasteiger partial charge in [0.1, 0.15) is 11.1 Å². The van der Waals surface area contributed by atoms with Crippen LogP contribution in [0.5, 0.6) is 0 Å². The molecule has 5 nitrogen and oxygen atoms in total. The van der Waals surface area contributed by atoms with Gasteiger partial charge in [-0.15, -0.1) is 0 Å². The molecule has 0 bridgehead atoms. The monoisotopic (exact) mass is 412 g/mol. The quantitative estimate of drug-likeness (QED) is 0.431. The van der Waals surface area contributed by atoms with Gasteiger partial charge in [-0.2, -0.15) is 0 Å². The third-order valence-corrected chi connectivity index (χ3v) is 7.16. The maximum Gasteiger partial charge on any atom is 0.347 e. The largest absolute Gasteiger partial charge is 0.422 e. The number of aryl methyl sites for hydroxylation is 2. The Hall–Kier alpha value is -2.73. The molecule has 152 valence electrons. The number of hydrogen-bond acceptors (Lipinski definition) is 5. The van der Waals surface area contributed by atoms with Crippen molar-refractivity contribution < 1.29 is 17.6 Å². The third kappa shape index (κ3) is 5.01. The van der Waals surface area contributed by atoms with Gasteiger partial charge in [0, 0.05) is 5.39 Å². The van der Waals surface area contributed by atoms with Crippen LogP contribution in [0.3, 0.4) is 0 Å². The van der Waals surface area contributed by atoms with Crippen LogP contribution < -0.4 is 5.63 Å². The zero-order chi connectivity index (χ0) is 21.2. The first kappa shape index (κ1) is 21.0. The fourth-order valence-electron chi connectivity index (χ4n) is 3.06. The highest BCUT2D eigenvalue weighted by molar-refractivity contribution is 7.91. The molecule has 1 aromatic heterocycles. The van der Waals surface area contributed by atoms with E-state index in [-0.39, 0.29) is 22.3 Å². The van der Waals surface area contributed by atoms with Gasteiger partial charge in [-0.1, -0.05) is 30.3 Å². The van der Waals surface area contributed by atoms with Crippen LogP contribution in [0, 0.1) is 0 Å². The Morgan fingerprint density at radius 3 is 2.14 bits per heavy atom. The third-order valence-electron chi connectivity index (χ3n) is 4.99. The first-order valence-electron chi connectivity index (χ1n) is 9.53. The number of fused-ring (bicyclic) bond motifs is 1. The molecular weight excluding hydrogens is 388 g/mol. The minimum atomic E-state index is -3.11. The van der Waals surface area contributed by atoms with Crippen LogP contribution in [0.4, 0.5) is 0 Å². The van der Waals surface area contributed by atoms with E-state index in [2.05, 4.69) is 0 Å². The zero-order valence-electron chi connectivity index (χ0n) is 16.8. The van der Waals surface area contributed by atoms with Gasteiger partial charge < -0.3 is 4.42 Å². The van der Waals surface area contributed by atoms with Gasteiger partial charge in [0.25, 0.3) is 0 Å². The Kier molecular flexibility index (Phi) is 6.03. The summed E-state index contributed by atoms with van der Waals surface area (Å²) in [4.78, 5) is 23.4. The summed E-state index contributed by atoms with van der Waals surface area (Å²) >= 11 is 0. The average Bonchev–Trinajstić information content (AvgIpc) is 2.66. The van der Waals surface area contributed by atoms with E-state index in [1.807, 2.05) is 36.4 Å². The molecule has 0 saturated carbocycles. The Morgan fingerprint density at radius 1 is 0.931 bits per heavy atom. The summed E-state index contributed by atoms with van der Waals surface area (Å²) in [6.45, 7) is 4.73. The van der Waals surface area contributed by atoms with E-state index < -0.39 is 15.5 Å². The van der Waals surface area contributed by atoms with Crippen molar-refractivity contribution in [2.24, 2.45) is 0 Å². The Morgan fingerprint density at radius 2 is 1.52 bits per heavy atom. The van der Waals surface area contributed by atoms with Crippen LogP contribution in [0.15, 0.2) is 57.7 Å². The van der Waals surface area contributed by atoms with Crippen molar-refractivity contribution in [2.75, 3.05) is 0 Å². The molecule has 3 aromatic rings. The lowest BCUT2D eigenvalue weighted by Gasteiger charge is -2.09.